The lowest BCUT2D eigenvalue weighted by Gasteiger charge is -2.38. The number of rotatable bonds is 4. The Bertz CT molecular complexity index is 105. The molecule has 1 atom stereocenters. The first-order chi connectivity index (χ1) is 5.22. The van der Waals surface area contributed by atoms with E-state index >= 15 is 0 Å². The molecule has 1 heterocycles. The molecule has 1 aliphatic heterocycles. The Kier molecular flexibility index (Phi) is 3.34. The normalized spacial score (nSPS) is 23.2. The summed E-state index contributed by atoms with van der Waals surface area (Å²) in [6, 6.07) is 0.462. The lowest BCUT2D eigenvalue weighted by Crippen LogP contribution is -2.56. The molecule has 0 aliphatic carbocycles. The summed E-state index contributed by atoms with van der Waals surface area (Å²) in [6.45, 7) is 8.06. The first kappa shape index (κ1) is 9.01. The van der Waals surface area contributed by atoms with Crippen molar-refractivity contribution in [3.8, 4) is 0 Å². The second kappa shape index (κ2) is 4.07. The molecule has 0 radical (unpaired) electrons. The maximum atomic E-state index is 5.68. The van der Waals surface area contributed by atoms with Crippen LogP contribution in [0.4, 0.5) is 0 Å². The third-order valence-electron chi connectivity index (χ3n) is 2.34. The third kappa shape index (κ3) is 2.80. The number of likely N-dealkylation sites (tertiary alicyclic amines) is 1. The van der Waals surface area contributed by atoms with Crippen LogP contribution in [0.1, 0.15) is 26.7 Å². The predicted molar refractivity (Wildman–Crippen MR) is 48.5 cm³/mol. The quantitative estimate of drug-likeness (QED) is 0.659. The van der Waals surface area contributed by atoms with Gasteiger partial charge in [-0.1, -0.05) is 20.3 Å². The summed E-state index contributed by atoms with van der Waals surface area (Å²) in [4.78, 5) is 2.45. The van der Waals surface area contributed by atoms with Gasteiger partial charge in [-0.2, -0.15) is 0 Å². The maximum Gasteiger partial charge on any atom is 0.0297 e. The molecule has 0 spiro atoms. The molecule has 1 aliphatic rings. The average Bonchev–Trinajstić information content (AvgIpc) is 1.85. The van der Waals surface area contributed by atoms with E-state index < -0.39 is 0 Å². The van der Waals surface area contributed by atoms with Gasteiger partial charge in [-0.3, -0.25) is 4.90 Å². The number of nitrogens with zero attached hydrogens (tertiary/aromatic N) is 1. The summed E-state index contributed by atoms with van der Waals surface area (Å²) < 4.78 is 0. The molecule has 2 heteroatoms. The molecule has 1 fully saturated rings. The highest BCUT2D eigenvalue weighted by molar-refractivity contribution is 4.83. The van der Waals surface area contributed by atoms with Crippen LogP contribution in [0.15, 0.2) is 0 Å². The Morgan fingerprint density at radius 3 is 2.64 bits per heavy atom. The molecule has 0 bridgehead atoms. The molecule has 0 saturated carbocycles. The van der Waals surface area contributed by atoms with E-state index in [-0.39, 0.29) is 0 Å². The van der Waals surface area contributed by atoms with Crippen molar-refractivity contribution in [2.45, 2.75) is 32.7 Å². The fourth-order valence-corrected chi connectivity index (χ4v) is 1.78. The molecule has 0 aromatic rings. The van der Waals surface area contributed by atoms with E-state index in [9.17, 15) is 0 Å². The van der Waals surface area contributed by atoms with Crippen molar-refractivity contribution >= 4 is 0 Å². The summed E-state index contributed by atoms with van der Waals surface area (Å²) in [5.74, 6) is 0.854. The van der Waals surface area contributed by atoms with Crippen molar-refractivity contribution in [3.05, 3.63) is 0 Å². The molecule has 1 rings (SSSR count). The van der Waals surface area contributed by atoms with Crippen molar-refractivity contribution in [2.75, 3.05) is 19.6 Å². The van der Waals surface area contributed by atoms with Gasteiger partial charge in [0.2, 0.25) is 0 Å². The fraction of sp³-hybridized carbons (Fsp3) is 1.00. The zero-order valence-electron chi connectivity index (χ0n) is 7.71. The molecule has 0 aromatic heterocycles. The van der Waals surface area contributed by atoms with E-state index in [1.165, 1.54) is 19.4 Å². The second-order valence-electron chi connectivity index (χ2n) is 3.87. The van der Waals surface area contributed by atoms with Crippen LogP contribution in [0, 0.1) is 5.92 Å². The van der Waals surface area contributed by atoms with Gasteiger partial charge in [0.05, 0.1) is 0 Å². The highest BCUT2D eigenvalue weighted by atomic mass is 15.2. The molecule has 11 heavy (non-hydrogen) atoms. The molecule has 2 nitrogen and oxygen atoms in total. The van der Waals surface area contributed by atoms with Gasteiger partial charge >= 0.3 is 0 Å². The lowest BCUT2D eigenvalue weighted by molar-refractivity contribution is 0.127. The van der Waals surface area contributed by atoms with Crippen LogP contribution in [0.25, 0.3) is 0 Å². The number of hydrogen-bond acceptors (Lipinski definition) is 2. The SMILES string of the molecule is CCCC(C)CN1CC(N)C1. The number of nitrogens with two attached hydrogens (primary N) is 1. The summed E-state index contributed by atoms with van der Waals surface area (Å²) >= 11 is 0. The first-order valence-electron chi connectivity index (χ1n) is 4.70. The van der Waals surface area contributed by atoms with E-state index in [1.54, 1.807) is 0 Å². The largest absolute Gasteiger partial charge is 0.325 e. The van der Waals surface area contributed by atoms with Gasteiger partial charge < -0.3 is 5.73 Å². The maximum absolute atomic E-state index is 5.68. The van der Waals surface area contributed by atoms with Crippen LogP contribution in [0.5, 0.6) is 0 Å². The molecule has 0 amide bonds. The predicted octanol–water partition coefficient (Wildman–Crippen LogP) is 1.07. The van der Waals surface area contributed by atoms with E-state index in [0.29, 0.717) is 6.04 Å². The highest BCUT2D eigenvalue weighted by Crippen LogP contribution is 2.12. The molecule has 2 N–H and O–H groups in total. The topological polar surface area (TPSA) is 29.3 Å². The molecule has 1 saturated heterocycles. The smallest absolute Gasteiger partial charge is 0.0297 e. The minimum atomic E-state index is 0.462. The minimum absolute atomic E-state index is 0.462. The molecular weight excluding hydrogens is 136 g/mol. The Balaban J connectivity index is 2.02. The summed E-state index contributed by atoms with van der Waals surface area (Å²) in [5, 5.41) is 0. The lowest BCUT2D eigenvalue weighted by atomic mass is 10.0. The Hall–Kier alpha value is -0.0800. The van der Waals surface area contributed by atoms with Crippen LogP contribution in [0.3, 0.4) is 0 Å². The molecule has 1 unspecified atom stereocenters. The van der Waals surface area contributed by atoms with Crippen LogP contribution >= 0.6 is 0 Å². The van der Waals surface area contributed by atoms with Crippen LogP contribution in [-0.2, 0) is 0 Å². The fourth-order valence-electron chi connectivity index (χ4n) is 1.78. The van der Waals surface area contributed by atoms with E-state index in [2.05, 4.69) is 18.7 Å². The van der Waals surface area contributed by atoms with Crippen molar-refractivity contribution < 1.29 is 0 Å². The zero-order chi connectivity index (χ0) is 8.27. The highest BCUT2D eigenvalue weighted by Gasteiger charge is 2.23. The monoisotopic (exact) mass is 156 g/mol. The van der Waals surface area contributed by atoms with E-state index in [0.717, 1.165) is 19.0 Å². The van der Waals surface area contributed by atoms with Gasteiger partial charge in [0, 0.05) is 25.7 Å². The van der Waals surface area contributed by atoms with E-state index in [1.807, 2.05) is 0 Å². The van der Waals surface area contributed by atoms with Crippen LogP contribution < -0.4 is 5.73 Å². The second-order valence-corrected chi connectivity index (χ2v) is 3.87. The Morgan fingerprint density at radius 1 is 1.55 bits per heavy atom. The zero-order valence-corrected chi connectivity index (χ0v) is 7.71. The Labute approximate surface area is 69.8 Å². The van der Waals surface area contributed by atoms with Crippen LogP contribution in [-0.4, -0.2) is 30.6 Å². The van der Waals surface area contributed by atoms with Gasteiger partial charge in [0.15, 0.2) is 0 Å². The first-order valence-corrected chi connectivity index (χ1v) is 4.70. The van der Waals surface area contributed by atoms with Gasteiger partial charge in [0.25, 0.3) is 0 Å². The standard InChI is InChI=1S/C9H20N2/c1-3-4-8(2)5-11-6-9(10)7-11/h8-9H,3-7,10H2,1-2H3. The Morgan fingerprint density at radius 2 is 2.18 bits per heavy atom. The van der Waals surface area contributed by atoms with Crippen molar-refractivity contribution in [1.82, 2.24) is 4.90 Å². The molecular formula is C9H20N2. The average molecular weight is 156 g/mol. The molecule has 0 aromatic carbocycles. The number of hydrogen-bond donors (Lipinski definition) is 1. The molecule has 66 valence electrons. The van der Waals surface area contributed by atoms with Gasteiger partial charge in [-0.05, 0) is 12.3 Å². The van der Waals surface area contributed by atoms with E-state index in [4.69, 9.17) is 5.73 Å². The summed E-state index contributed by atoms with van der Waals surface area (Å²) in [7, 11) is 0. The van der Waals surface area contributed by atoms with Gasteiger partial charge in [0.1, 0.15) is 0 Å². The minimum Gasteiger partial charge on any atom is -0.325 e. The summed E-state index contributed by atoms with van der Waals surface area (Å²) in [6.07, 6.45) is 2.66. The third-order valence-corrected chi connectivity index (χ3v) is 2.34. The van der Waals surface area contributed by atoms with Gasteiger partial charge in [-0.15, -0.1) is 0 Å². The van der Waals surface area contributed by atoms with Crippen LogP contribution in [0.2, 0.25) is 0 Å². The summed E-state index contributed by atoms with van der Waals surface area (Å²) in [5.41, 5.74) is 5.68. The van der Waals surface area contributed by atoms with Gasteiger partial charge in [-0.25, -0.2) is 0 Å². The van der Waals surface area contributed by atoms with Crippen molar-refractivity contribution in [2.24, 2.45) is 11.7 Å². The van der Waals surface area contributed by atoms with Crippen molar-refractivity contribution in [3.63, 3.8) is 0 Å². The van der Waals surface area contributed by atoms with Crippen molar-refractivity contribution in [1.29, 1.82) is 0 Å².